The van der Waals surface area contributed by atoms with Gasteiger partial charge >= 0.3 is 5.97 Å². The van der Waals surface area contributed by atoms with Crippen LogP contribution in [0.5, 0.6) is 0 Å². The largest absolute Gasteiger partial charge is 0.477 e. The molecule has 0 aliphatic heterocycles. The van der Waals surface area contributed by atoms with Gasteiger partial charge in [-0.1, -0.05) is 30.7 Å². The molecule has 0 saturated heterocycles. The first-order valence-corrected chi connectivity index (χ1v) is 7.86. The first-order valence-electron chi connectivity index (χ1n) is 6.49. The monoisotopic (exact) mass is 325 g/mol. The quantitative estimate of drug-likeness (QED) is 0.796. The van der Waals surface area contributed by atoms with Gasteiger partial charge in [0.2, 0.25) is 0 Å². The molecule has 0 fully saturated rings. The van der Waals surface area contributed by atoms with Crippen LogP contribution in [0.1, 0.15) is 29.3 Å². The van der Waals surface area contributed by atoms with Crippen molar-refractivity contribution in [1.82, 2.24) is 9.78 Å². The second-order valence-electron chi connectivity index (χ2n) is 4.51. The predicted octanol–water partition coefficient (Wildman–Crippen LogP) is 3.37. The Hall–Kier alpha value is -1.66. The number of hydrogen-bond donors (Lipinski definition) is 2. The fourth-order valence-corrected chi connectivity index (χ4v) is 2.98. The third kappa shape index (κ3) is 3.71. The summed E-state index contributed by atoms with van der Waals surface area (Å²) >= 11 is 7.35. The SMILES string of the molecule is CCCSc1nn(Cc2cccc(Cl)c2)c(N)c1C(=O)O. The molecule has 5 nitrogen and oxygen atoms in total. The summed E-state index contributed by atoms with van der Waals surface area (Å²) in [6, 6.07) is 7.32. The summed E-state index contributed by atoms with van der Waals surface area (Å²) in [5, 5.41) is 14.7. The maximum atomic E-state index is 11.4. The number of carboxylic acids is 1. The van der Waals surface area contributed by atoms with Crippen LogP contribution >= 0.6 is 23.4 Å². The minimum atomic E-state index is -1.05. The predicted molar refractivity (Wildman–Crippen MR) is 85.2 cm³/mol. The van der Waals surface area contributed by atoms with Crippen molar-refractivity contribution in [2.24, 2.45) is 0 Å². The molecule has 1 heterocycles. The lowest BCUT2D eigenvalue weighted by Crippen LogP contribution is -2.08. The second-order valence-corrected chi connectivity index (χ2v) is 6.03. The topological polar surface area (TPSA) is 81.1 Å². The first kappa shape index (κ1) is 15.7. The molecule has 0 aliphatic rings. The third-order valence-electron chi connectivity index (χ3n) is 2.84. The number of nitrogen functional groups attached to an aromatic ring is 1. The molecule has 2 aromatic rings. The van der Waals surface area contributed by atoms with E-state index in [1.165, 1.54) is 16.4 Å². The van der Waals surface area contributed by atoms with Gasteiger partial charge in [-0.05, 0) is 29.9 Å². The Balaban J connectivity index is 2.33. The van der Waals surface area contributed by atoms with Crippen molar-refractivity contribution in [3.63, 3.8) is 0 Å². The number of nitrogens with zero attached hydrogens (tertiary/aromatic N) is 2. The van der Waals surface area contributed by atoms with E-state index in [2.05, 4.69) is 5.10 Å². The van der Waals surface area contributed by atoms with Crippen LogP contribution in [0.3, 0.4) is 0 Å². The number of anilines is 1. The Morgan fingerprint density at radius 3 is 2.90 bits per heavy atom. The van der Waals surface area contributed by atoms with Gasteiger partial charge in [-0.3, -0.25) is 0 Å². The number of nitrogens with two attached hydrogens (primary N) is 1. The number of carboxylic acid groups (broad SMARTS) is 1. The Kier molecular flexibility index (Phi) is 5.14. The molecule has 0 atom stereocenters. The smallest absolute Gasteiger partial charge is 0.342 e. The molecular weight excluding hydrogens is 310 g/mol. The molecule has 0 aliphatic carbocycles. The van der Waals surface area contributed by atoms with Crippen molar-refractivity contribution in [3.8, 4) is 0 Å². The van der Waals surface area contributed by atoms with Crippen molar-refractivity contribution in [1.29, 1.82) is 0 Å². The third-order valence-corrected chi connectivity index (χ3v) is 4.24. The van der Waals surface area contributed by atoms with E-state index in [0.717, 1.165) is 17.7 Å². The van der Waals surface area contributed by atoms with Gasteiger partial charge in [-0.15, -0.1) is 11.8 Å². The van der Waals surface area contributed by atoms with E-state index in [4.69, 9.17) is 17.3 Å². The van der Waals surface area contributed by atoms with Gasteiger partial charge in [0.1, 0.15) is 16.4 Å². The molecule has 3 N–H and O–H groups in total. The summed E-state index contributed by atoms with van der Waals surface area (Å²) in [7, 11) is 0. The number of benzene rings is 1. The van der Waals surface area contributed by atoms with Gasteiger partial charge in [-0.25, -0.2) is 9.48 Å². The Morgan fingerprint density at radius 1 is 1.52 bits per heavy atom. The molecule has 21 heavy (non-hydrogen) atoms. The van der Waals surface area contributed by atoms with Gasteiger partial charge in [0, 0.05) is 5.02 Å². The van der Waals surface area contributed by atoms with Crippen LogP contribution < -0.4 is 5.73 Å². The molecule has 0 spiro atoms. The van der Waals surface area contributed by atoms with Gasteiger partial charge in [0.05, 0.1) is 6.54 Å². The van der Waals surface area contributed by atoms with Crippen LogP contribution in [0.15, 0.2) is 29.3 Å². The molecule has 0 unspecified atom stereocenters. The van der Waals surface area contributed by atoms with E-state index in [9.17, 15) is 9.90 Å². The standard InChI is InChI=1S/C14H16ClN3O2S/c1-2-6-21-13-11(14(19)20)12(16)18(17-13)8-9-4-3-5-10(15)7-9/h3-5,7H,2,6,8,16H2,1H3,(H,19,20). The Morgan fingerprint density at radius 2 is 2.29 bits per heavy atom. The Bertz CT molecular complexity index is 658. The maximum absolute atomic E-state index is 11.4. The minimum absolute atomic E-state index is 0.0791. The van der Waals surface area contributed by atoms with E-state index >= 15 is 0 Å². The van der Waals surface area contributed by atoms with Crippen molar-refractivity contribution in [2.75, 3.05) is 11.5 Å². The van der Waals surface area contributed by atoms with Crippen LogP contribution in [-0.4, -0.2) is 26.6 Å². The molecule has 0 saturated carbocycles. The molecule has 1 aromatic carbocycles. The summed E-state index contributed by atoms with van der Waals surface area (Å²) < 4.78 is 1.51. The van der Waals surface area contributed by atoms with E-state index in [0.29, 0.717) is 16.6 Å². The summed E-state index contributed by atoms with van der Waals surface area (Å²) in [6.07, 6.45) is 0.935. The summed E-state index contributed by atoms with van der Waals surface area (Å²) in [5.74, 6) is -0.0852. The van der Waals surface area contributed by atoms with Gasteiger partial charge in [0.25, 0.3) is 0 Å². The molecule has 0 bridgehead atoms. The molecule has 0 radical (unpaired) electrons. The zero-order valence-corrected chi connectivity index (χ0v) is 13.1. The van der Waals surface area contributed by atoms with E-state index in [1.807, 2.05) is 25.1 Å². The van der Waals surface area contributed by atoms with E-state index in [1.54, 1.807) is 6.07 Å². The lowest BCUT2D eigenvalue weighted by molar-refractivity contribution is 0.0694. The second kappa shape index (κ2) is 6.87. The Labute approximate surface area is 132 Å². The highest BCUT2D eigenvalue weighted by Crippen LogP contribution is 2.27. The fraction of sp³-hybridized carbons (Fsp3) is 0.286. The highest BCUT2D eigenvalue weighted by atomic mass is 35.5. The van der Waals surface area contributed by atoms with Gasteiger partial charge in [-0.2, -0.15) is 5.10 Å². The average molecular weight is 326 g/mol. The lowest BCUT2D eigenvalue weighted by Gasteiger charge is -2.04. The van der Waals surface area contributed by atoms with Crippen LogP contribution in [0, 0.1) is 0 Å². The van der Waals surface area contributed by atoms with Crippen molar-refractivity contribution >= 4 is 35.1 Å². The number of rotatable bonds is 6. The summed E-state index contributed by atoms with van der Waals surface area (Å²) in [5.41, 5.74) is 6.93. The number of aromatic carboxylic acids is 1. The summed E-state index contributed by atoms with van der Waals surface area (Å²) in [4.78, 5) is 11.4. The lowest BCUT2D eigenvalue weighted by atomic mass is 10.2. The van der Waals surface area contributed by atoms with E-state index < -0.39 is 5.97 Å². The number of aromatic nitrogens is 2. The zero-order chi connectivity index (χ0) is 15.4. The van der Waals surface area contributed by atoms with Gasteiger partial charge < -0.3 is 10.8 Å². The highest BCUT2D eigenvalue weighted by molar-refractivity contribution is 7.99. The molecular formula is C14H16ClN3O2S. The number of halogens is 1. The molecule has 112 valence electrons. The van der Waals surface area contributed by atoms with E-state index in [-0.39, 0.29) is 11.4 Å². The van der Waals surface area contributed by atoms with Crippen molar-refractivity contribution in [2.45, 2.75) is 24.9 Å². The molecule has 0 amide bonds. The molecule has 2 rings (SSSR count). The average Bonchev–Trinajstić information content (AvgIpc) is 2.73. The highest BCUT2D eigenvalue weighted by Gasteiger charge is 2.21. The summed E-state index contributed by atoms with van der Waals surface area (Å²) in [6.45, 7) is 2.42. The zero-order valence-electron chi connectivity index (χ0n) is 11.5. The van der Waals surface area contributed by atoms with Crippen LogP contribution in [0.2, 0.25) is 5.02 Å². The number of hydrogen-bond acceptors (Lipinski definition) is 4. The normalized spacial score (nSPS) is 10.8. The van der Waals surface area contributed by atoms with Gasteiger partial charge in [0.15, 0.2) is 0 Å². The van der Waals surface area contributed by atoms with Crippen molar-refractivity contribution in [3.05, 3.63) is 40.4 Å². The number of carbonyl (C=O) groups is 1. The van der Waals surface area contributed by atoms with Crippen molar-refractivity contribution < 1.29 is 9.90 Å². The van der Waals surface area contributed by atoms with Crippen LogP contribution in [0.25, 0.3) is 0 Å². The molecule has 1 aromatic heterocycles. The number of thioether (sulfide) groups is 1. The fourth-order valence-electron chi connectivity index (χ4n) is 1.88. The molecule has 7 heteroatoms. The first-order chi connectivity index (χ1) is 10.0. The maximum Gasteiger partial charge on any atom is 0.342 e. The van der Waals surface area contributed by atoms with Crippen LogP contribution in [0.4, 0.5) is 5.82 Å². The minimum Gasteiger partial charge on any atom is -0.477 e. The van der Waals surface area contributed by atoms with Crippen LogP contribution in [-0.2, 0) is 6.54 Å².